The molecule has 0 radical (unpaired) electrons. The van der Waals surface area contributed by atoms with Gasteiger partial charge < -0.3 is 19.4 Å². The first-order chi connectivity index (χ1) is 11.8. The summed E-state index contributed by atoms with van der Waals surface area (Å²) in [5.41, 5.74) is 1.74. The van der Waals surface area contributed by atoms with Crippen LogP contribution in [0.15, 0.2) is 27.4 Å². The Bertz CT molecular complexity index is 811. The van der Waals surface area contributed by atoms with Gasteiger partial charge in [0.05, 0.1) is 5.39 Å². The number of ether oxygens (including phenoxy) is 1. The lowest BCUT2D eigenvalue weighted by molar-refractivity contribution is -0.127. The zero-order valence-electron chi connectivity index (χ0n) is 15.5. The van der Waals surface area contributed by atoms with Crippen molar-refractivity contribution in [2.24, 2.45) is 0 Å². The van der Waals surface area contributed by atoms with Gasteiger partial charge in [-0.05, 0) is 71.1 Å². The molecule has 0 aliphatic heterocycles. The highest BCUT2D eigenvalue weighted by Crippen LogP contribution is 2.30. The molecule has 1 heterocycles. The third kappa shape index (κ3) is 5.06. The van der Waals surface area contributed by atoms with Gasteiger partial charge in [0.25, 0.3) is 5.91 Å². The van der Waals surface area contributed by atoms with E-state index < -0.39 is 11.7 Å². The number of benzene rings is 1. The monoisotopic (exact) mass is 346 g/mol. The molecule has 136 valence electrons. The molecule has 1 amide bonds. The Kier molecular flexibility index (Phi) is 6.20. The van der Waals surface area contributed by atoms with E-state index in [2.05, 4.69) is 10.2 Å². The first-order valence-corrected chi connectivity index (χ1v) is 8.42. The van der Waals surface area contributed by atoms with E-state index in [-0.39, 0.29) is 5.91 Å². The predicted octanol–water partition coefficient (Wildman–Crippen LogP) is 2.25. The Labute approximate surface area is 147 Å². The van der Waals surface area contributed by atoms with Crippen molar-refractivity contribution in [3.63, 3.8) is 0 Å². The highest BCUT2D eigenvalue weighted by molar-refractivity contribution is 5.88. The van der Waals surface area contributed by atoms with Crippen LogP contribution in [0.25, 0.3) is 11.0 Å². The summed E-state index contributed by atoms with van der Waals surface area (Å²) in [4.78, 5) is 25.9. The van der Waals surface area contributed by atoms with Crippen molar-refractivity contribution in [1.29, 1.82) is 0 Å². The van der Waals surface area contributed by atoms with Gasteiger partial charge in [0.1, 0.15) is 11.3 Å². The Morgan fingerprint density at radius 3 is 2.68 bits per heavy atom. The molecule has 0 bridgehead atoms. The van der Waals surface area contributed by atoms with Crippen molar-refractivity contribution >= 4 is 16.9 Å². The molecule has 0 spiro atoms. The number of nitrogens with one attached hydrogen (secondary N) is 1. The number of carbonyl (C=O) groups excluding carboxylic acids is 1. The molecule has 25 heavy (non-hydrogen) atoms. The van der Waals surface area contributed by atoms with E-state index in [0.29, 0.717) is 17.9 Å². The highest BCUT2D eigenvalue weighted by atomic mass is 16.5. The molecule has 0 saturated heterocycles. The van der Waals surface area contributed by atoms with Gasteiger partial charge in [-0.3, -0.25) is 4.79 Å². The standard InChI is InChI=1S/C19H26N2O4/c1-12-9-15(18-13(2)11-17(22)25-16(18)10-12)24-14(3)19(23)20-7-6-8-21(4)5/h9-11,14H,6-8H2,1-5H3,(H,20,23). The van der Waals surface area contributed by atoms with Gasteiger partial charge in [-0.25, -0.2) is 4.79 Å². The van der Waals surface area contributed by atoms with Gasteiger partial charge in [0, 0.05) is 12.6 Å². The third-order valence-electron chi connectivity index (χ3n) is 3.90. The van der Waals surface area contributed by atoms with Crippen molar-refractivity contribution in [3.8, 4) is 5.75 Å². The lowest BCUT2D eigenvalue weighted by Gasteiger charge is -2.17. The van der Waals surface area contributed by atoms with Gasteiger partial charge in [-0.15, -0.1) is 0 Å². The van der Waals surface area contributed by atoms with E-state index in [1.807, 2.05) is 34.0 Å². The number of hydrogen-bond acceptors (Lipinski definition) is 5. The van der Waals surface area contributed by atoms with Gasteiger partial charge in [-0.1, -0.05) is 0 Å². The second-order valence-corrected chi connectivity index (χ2v) is 6.59. The fourth-order valence-electron chi connectivity index (χ4n) is 2.66. The summed E-state index contributed by atoms with van der Waals surface area (Å²) in [5, 5.41) is 3.60. The van der Waals surface area contributed by atoms with E-state index in [1.165, 1.54) is 6.07 Å². The molecule has 2 aromatic rings. The Hall–Kier alpha value is -2.34. The van der Waals surface area contributed by atoms with Crippen LogP contribution in [0.1, 0.15) is 24.5 Å². The van der Waals surface area contributed by atoms with Crippen molar-refractivity contribution < 1.29 is 13.9 Å². The van der Waals surface area contributed by atoms with Crippen LogP contribution >= 0.6 is 0 Å². The minimum atomic E-state index is -0.643. The van der Waals surface area contributed by atoms with Gasteiger partial charge in [0.2, 0.25) is 0 Å². The summed E-state index contributed by atoms with van der Waals surface area (Å²) < 4.78 is 11.2. The molecule has 0 fully saturated rings. The number of fused-ring (bicyclic) bond motifs is 1. The SMILES string of the molecule is Cc1cc(OC(C)C(=O)NCCCN(C)C)c2c(C)cc(=O)oc2c1. The number of carbonyl (C=O) groups is 1. The Balaban J connectivity index is 2.14. The van der Waals surface area contributed by atoms with E-state index in [1.54, 1.807) is 13.0 Å². The molecule has 0 aliphatic carbocycles. The average Bonchev–Trinajstić information content (AvgIpc) is 2.49. The smallest absolute Gasteiger partial charge is 0.336 e. The van der Waals surface area contributed by atoms with Crippen LogP contribution in [0.4, 0.5) is 0 Å². The topological polar surface area (TPSA) is 71.8 Å². The maximum Gasteiger partial charge on any atom is 0.336 e. The summed E-state index contributed by atoms with van der Waals surface area (Å²) in [5.74, 6) is 0.385. The van der Waals surface area contributed by atoms with Crippen molar-refractivity contribution in [2.75, 3.05) is 27.2 Å². The van der Waals surface area contributed by atoms with Crippen LogP contribution in [-0.2, 0) is 4.79 Å². The quantitative estimate of drug-likeness (QED) is 0.615. The molecule has 0 saturated carbocycles. The normalized spacial score (nSPS) is 12.4. The largest absolute Gasteiger partial charge is 0.480 e. The minimum absolute atomic E-state index is 0.163. The lowest BCUT2D eigenvalue weighted by Crippen LogP contribution is -2.37. The molecule has 1 aromatic carbocycles. The van der Waals surface area contributed by atoms with Crippen molar-refractivity contribution in [3.05, 3.63) is 39.7 Å². The number of hydrogen-bond donors (Lipinski definition) is 1. The molecule has 1 atom stereocenters. The van der Waals surface area contributed by atoms with Crippen molar-refractivity contribution in [2.45, 2.75) is 33.3 Å². The first-order valence-electron chi connectivity index (χ1n) is 8.42. The van der Waals surface area contributed by atoms with Gasteiger partial charge in [0.15, 0.2) is 6.10 Å². The highest BCUT2D eigenvalue weighted by Gasteiger charge is 2.17. The van der Waals surface area contributed by atoms with Crippen LogP contribution in [0.3, 0.4) is 0 Å². The maximum absolute atomic E-state index is 12.2. The third-order valence-corrected chi connectivity index (χ3v) is 3.90. The molecule has 6 nitrogen and oxygen atoms in total. The van der Waals surface area contributed by atoms with Gasteiger partial charge in [-0.2, -0.15) is 0 Å². The number of amides is 1. The summed E-state index contributed by atoms with van der Waals surface area (Å²) >= 11 is 0. The number of nitrogens with zero attached hydrogens (tertiary/aromatic N) is 1. The molecule has 1 unspecified atom stereocenters. The Morgan fingerprint density at radius 2 is 2.00 bits per heavy atom. The summed E-state index contributed by atoms with van der Waals surface area (Å²) in [7, 11) is 3.99. The van der Waals surface area contributed by atoms with Crippen LogP contribution < -0.4 is 15.7 Å². The summed E-state index contributed by atoms with van der Waals surface area (Å²) in [6.45, 7) is 6.95. The fourth-order valence-corrected chi connectivity index (χ4v) is 2.66. The second kappa shape index (κ2) is 8.16. The Morgan fingerprint density at radius 1 is 1.28 bits per heavy atom. The number of aryl methyl sites for hydroxylation is 2. The van der Waals surface area contributed by atoms with Crippen LogP contribution in [0.2, 0.25) is 0 Å². The molecule has 2 rings (SSSR count). The molecule has 0 aliphatic rings. The first kappa shape index (κ1) is 19.0. The maximum atomic E-state index is 12.2. The molecular weight excluding hydrogens is 320 g/mol. The second-order valence-electron chi connectivity index (χ2n) is 6.59. The fraction of sp³-hybridized carbons (Fsp3) is 0.474. The minimum Gasteiger partial charge on any atom is -0.480 e. The summed E-state index contributed by atoms with van der Waals surface area (Å²) in [6.07, 6.45) is 0.235. The molecule has 1 N–H and O–H groups in total. The van der Waals surface area contributed by atoms with E-state index in [9.17, 15) is 9.59 Å². The van der Waals surface area contributed by atoms with E-state index in [0.717, 1.165) is 29.5 Å². The molecular formula is C19H26N2O4. The van der Waals surface area contributed by atoms with E-state index in [4.69, 9.17) is 9.15 Å². The number of rotatable bonds is 7. The van der Waals surface area contributed by atoms with Crippen LogP contribution in [0.5, 0.6) is 5.75 Å². The lowest BCUT2D eigenvalue weighted by atomic mass is 10.1. The molecule has 6 heteroatoms. The zero-order valence-corrected chi connectivity index (χ0v) is 15.5. The van der Waals surface area contributed by atoms with Crippen molar-refractivity contribution in [1.82, 2.24) is 10.2 Å². The predicted molar refractivity (Wildman–Crippen MR) is 98.2 cm³/mol. The van der Waals surface area contributed by atoms with E-state index >= 15 is 0 Å². The van der Waals surface area contributed by atoms with Crippen LogP contribution in [0, 0.1) is 13.8 Å². The summed E-state index contributed by atoms with van der Waals surface area (Å²) in [6, 6.07) is 5.07. The average molecular weight is 346 g/mol. The van der Waals surface area contributed by atoms with Gasteiger partial charge >= 0.3 is 5.63 Å². The zero-order chi connectivity index (χ0) is 18.6. The molecule has 1 aromatic heterocycles. The van der Waals surface area contributed by atoms with Crippen LogP contribution in [-0.4, -0.2) is 44.1 Å².